The summed E-state index contributed by atoms with van der Waals surface area (Å²) in [5, 5.41) is 13.3. The van der Waals surface area contributed by atoms with Gasteiger partial charge >= 0.3 is 30.4 Å². The zero-order valence-corrected chi connectivity index (χ0v) is 44.7. The highest BCUT2D eigenvalue weighted by atomic mass is 19.4. The van der Waals surface area contributed by atoms with E-state index in [1.54, 1.807) is 64.1 Å². The smallest absolute Gasteiger partial charge is 0.416 e. The third-order valence-corrected chi connectivity index (χ3v) is 13.2. The molecule has 2 aliphatic rings. The molecule has 4 aromatic carbocycles. The predicted molar refractivity (Wildman–Crippen MR) is 277 cm³/mol. The normalized spacial score (nSPS) is 22.9. The van der Waals surface area contributed by atoms with Crippen LogP contribution in [0.2, 0.25) is 0 Å². The number of anilines is 2. The monoisotopic (exact) mass is 1120 g/mol. The Balaban J connectivity index is 1.36. The number of alkyl halides is 6. The van der Waals surface area contributed by atoms with Crippen molar-refractivity contribution in [1.82, 2.24) is 16.0 Å². The number of rotatable bonds is 21. The molecule has 4 aromatic rings. The molecule has 2 heterocycles. The number of urea groups is 2. The maximum atomic E-state index is 14.3. The Labute approximate surface area is 454 Å². The number of nitrogens with two attached hydrogens (primary N) is 1. The molecule has 0 radical (unpaired) electrons. The van der Waals surface area contributed by atoms with Gasteiger partial charge in [-0.15, -0.1) is 0 Å². The second kappa shape index (κ2) is 27.4. The molecule has 5 unspecified atom stereocenters. The van der Waals surface area contributed by atoms with Crippen molar-refractivity contribution < 1.29 is 83.4 Å². The SMILES string of the molecule is COc1ccc(COCC2O[C@@H](O[C@@H]3C(NC(=O)Nc4cccc(C(F)(F)F)c4)COC(COCc4ccc(OC)cc4)[C@@H]3NC(=O)C(N)CCC(=O)OC(C)(C)C)C(NC(=O)Nc3cccc(C(F)(F)F)c3)[C@@H](C)[C@H]2C)cc1. The largest absolute Gasteiger partial charge is 0.497 e. The molecule has 432 valence electrons. The minimum absolute atomic E-state index is 0.0239. The van der Waals surface area contributed by atoms with Gasteiger partial charge in [0.25, 0.3) is 0 Å². The minimum Gasteiger partial charge on any atom is -0.497 e. The number of halogens is 6. The van der Waals surface area contributed by atoms with Gasteiger partial charge in [0.05, 0.1) is 88.7 Å². The lowest BCUT2D eigenvalue weighted by molar-refractivity contribution is -0.277. The summed E-state index contributed by atoms with van der Waals surface area (Å²) in [5.74, 6) is -1.15. The van der Waals surface area contributed by atoms with E-state index in [4.69, 9.17) is 43.6 Å². The number of carbonyl (C=O) groups is 4. The Morgan fingerprint density at radius 2 is 1.18 bits per heavy atom. The van der Waals surface area contributed by atoms with Crippen LogP contribution in [-0.2, 0) is 63.6 Å². The Kier molecular flexibility index (Phi) is 21.4. The Bertz CT molecular complexity index is 2640. The molecule has 6 rings (SSSR count). The van der Waals surface area contributed by atoms with Gasteiger partial charge in [-0.1, -0.05) is 50.2 Å². The fourth-order valence-electron chi connectivity index (χ4n) is 8.77. The number of hydrogen-bond acceptors (Lipinski definition) is 13. The molecule has 7 N–H and O–H groups in total. The topological polar surface area (TPSA) is 228 Å². The predicted octanol–water partition coefficient (Wildman–Crippen LogP) is 8.57. The van der Waals surface area contributed by atoms with Gasteiger partial charge in [-0.3, -0.25) is 9.59 Å². The van der Waals surface area contributed by atoms with E-state index in [0.29, 0.717) is 11.5 Å². The van der Waals surface area contributed by atoms with E-state index in [9.17, 15) is 45.5 Å². The summed E-state index contributed by atoms with van der Waals surface area (Å²) in [6.45, 7) is 8.24. The Morgan fingerprint density at radius 3 is 1.67 bits per heavy atom. The van der Waals surface area contributed by atoms with E-state index < -0.39 is 114 Å². The molecule has 5 amide bonds. The summed E-state index contributed by atoms with van der Waals surface area (Å²) in [6.07, 6.45) is -14.7. The number of methoxy groups -OCH3 is 2. The summed E-state index contributed by atoms with van der Waals surface area (Å²) >= 11 is 0. The van der Waals surface area contributed by atoms with Crippen LogP contribution in [0.25, 0.3) is 0 Å². The molecule has 0 aliphatic carbocycles. The molecule has 2 saturated heterocycles. The quantitative estimate of drug-likeness (QED) is 0.0340. The van der Waals surface area contributed by atoms with Crippen LogP contribution in [0.4, 0.5) is 47.3 Å². The van der Waals surface area contributed by atoms with E-state index in [1.807, 2.05) is 19.1 Å². The third kappa shape index (κ3) is 18.4. The summed E-state index contributed by atoms with van der Waals surface area (Å²) in [7, 11) is 3.06. The summed E-state index contributed by atoms with van der Waals surface area (Å²) in [5.41, 5.74) is 4.68. The summed E-state index contributed by atoms with van der Waals surface area (Å²) in [4.78, 5) is 54.9. The number of amides is 5. The molecule has 0 spiro atoms. The zero-order valence-electron chi connectivity index (χ0n) is 44.7. The molecule has 18 nitrogen and oxygen atoms in total. The van der Waals surface area contributed by atoms with E-state index in [-0.39, 0.29) is 57.3 Å². The van der Waals surface area contributed by atoms with Gasteiger partial charge < -0.3 is 70.2 Å². The van der Waals surface area contributed by atoms with Crippen LogP contribution in [0.3, 0.4) is 0 Å². The minimum atomic E-state index is -4.74. The van der Waals surface area contributed by atoms with Gasteiger partial charge in [0.2, 0.25) is 5.91 Å². The van der Waals surface area contributed by atoms with Crippen LogP contribution in [0.1, 0.15) is 69.7 Å². The molecular formula is C55H68F6N6O12. The molecule has 2 fully saturated rings. The number of nitrogens with one attached hydrogen (secondary N) is 5. The number of esters is 1. The molecule has 0 bridgehead atoms. The number of carbonyl (C=O) groups excluding carboxylic acids is 4. The van der Waals surface area contributed by atoms with Gasteiger partial charge in [-0.2, -0.15) is 26.3 Å². The van der Waals surface area contributed by atoms with Gasteiger partial charge in [0.15, 0.2) is 6.29 Å². The highest BCUT2D eigenvalue weighted by Crippen LogP contribution is 2.36. The standard InChI is InChI=1S/C55H68F6N6O12/c1-31-32(2)46(67-52(71)64-38-13-9-11-36(25-38)55(59,60)61)50(77-43(31)29-74-26-33-14-18-39(72-6)19-15-33)78-48-42(65-51(70)63-37-12-8-10-35(24-37)54(56,57)58)28-76-44(30-75-27-34-16-20-40(73-7)21-17-34)47(48)66-49(69)41(62)22-23-45(68)79-53(3,4)5/h8-21,24-25,31-32,41-44,46-48,50H,22-23,26-30,62H2,1-7H3,(H,66,69)(H2,63,65,70)(H2,64,67,71)/t31-,32+,41?,42?,43?,44?,46?,47+,48-,50+/m1/s1. The highest BCUT2D eigenvalue weighted by Gasteiger charge is 2.50. The van der Waals surface area contributed by atoms with Crippen LogP contribution in [0.5, 0.6) is 11.5 Å². The number of hydrogen-bond donors (Lipinski definition) is 6. The van der Waals surface area contributed by atoms with Crippen LogP contribution in [-0.4, -0.2) is 112 Å². The maximum absolute atomic E-state index is 14.3. The molecule has 2 aliphatic heterocycles. The van der Waals surface area contributed by atoms with E-state index in [0.717, 1.165) is 47.5 Å². The zero-order chi connectivity index (χ0) is 57.7. The van der Waals surface area contributed by atoms with Gasteiger partial charge in [0, 0.05) is 17.8 Å². The van der Waals surface area contributed by atoms with Crippen LogP contribution in [0.15, 0.2) is 97.1 Å². The first kappa shape index (κ1) is 61.5. The fraction of sp³-hybridized carbons (Fsp3) is 0.491. The molecule has 10 atom stereocenters. The van der Waals surface area contributed by atoms with E-state index in [1.165, 1.54) is 26.4 Å². The molecular weight excluding hydrogens is 1050 g/mol. The molecule has 0 saturated carbocycles. The average molecular weight is 1120 g/mol. The van der Waals surface area contributed by atoms with Gasteiger partial charge in [-0.25, -0.2) is 9.59 Å². The van der Waals surface area contributed by atoms with Gasteiger partial charge in [0.1, 0.15) is 29.3 Å². The summed E-state index contributed by atoms with van der Waals surface area (Å²) < 4.78 is 131. The van der Waals surface area contributed by atoms with Crippen molar-refractivity contribution in [2.45, 2.75) is 127 Å². The third-order valence-electron chi connectivity index (χ3n) is 13.2. The lowest BCUT2D eigenvalue weighted by Crippen LogP contribution is -2.69. The maximum Gasteiger partial charge on any atom is 0.416 e. The van der Waals surface area contributed by atoms with Crippen molar-refractivity contribution in [1.29, 1.82) is 0 Å². The van der Waals surface area contributed by atoms with Crippen molar-refractivity contribution in [3.05, 3.63) is 119 Å². The summed E-state index contributed by atoms with van der Waals surface area (Å²) in [6, 6.07) is 15.1. The number of benzene rings is 4. The lowest BCUT2D eigenvalue weighted by Gasteiger charge is -2.49. The first-order valence-corrected chi connectivity index (χ1v) is 25.4. The van der Waals surface area contributed by atoms with E-state index >= 15 is 0 Å². The fourth-order valence-corrected chi connectivity index (χ4v) is 8.77. The molecule has 24 heteroatoms. The van der Waals surface area contributed by atoms with Crippen molar-refractivity contribution in [2.24, 2.45) is 17.6 Å². The second-order valence-corrected chi connectivity index (χ2v) is 20.2. The number of ether oxygens (including phenoxy) is 8. The van der Waals surface area contributed by atoms with Crippen LogP contribution < -0.4 is 41.8 Å². The van der Waals surface area contributed by atoms with E-state index in [2.05, 4.69) is 26.6 Å². The molecule has 79 heavy (non-hydrogen) atoms. The van der Waals surface area contributed by atoms with Crippen molar-refractivity contribution in [3.8, 4) is 11.5 Å². The Hall–Kier alpha value is -6.70. The van der Waals surface area contributed by atoms with Crippen LogP contribution in [0, 0.1) is 11.8 Å². The highest BCUT2D eigenvalue weighted by molar-refractivity contribution is 5.90. The average Bonchev–Trinajstić information content (AvgIpc) is 3.41. The van der Waals surface area contributed by atoms with Crippen molar-refractivity contribution in [2.75, 3.05) is 44.7 Å². The lowest BCUT2D eigenvalue weighted by atomic mass is 9.82. The second-order valence-electron chi connectivity index (χ2n) is 20.2. The molecule has 0 aromatic heterocycles. The Morgan fingerprint density at radius 1 is 0.671 bits per heavy atom. The first-order chi connectivity index (χ1) is 37.3. The van der Waals surface area contributed by atoms with Crippen molar-refractivity contribution >= 4 is 35.3 Å². The first-order valence-electron chi connectivity index (χ1n) is 25.4. The van der Waals surface area contributed by atoms with Crippen LogP contribution >= 0.6 is 0 Å². The van der Waals surface area contributed by atoms with Crippen molar-refractivity contribution in [3.63, 3.8) is 0 Å². The van der Waals surface area contributed by atoms with Gasteiger partial charge in [-0.05, 0) is 111 Å².